The van der Waals surface area contributed by atoms with Crippen molar-refractivity contribution < 1.29 is 0 Å². The van der Waals surface area contributed by atoms with E-state index in [0.29, 0.717) is 0 Å². The highest BCUT2D eigenvalue weighted by Crippen LogP contribution is 2.41. The molecule has 3 heterocycles. The minimum atomic E-state index is 0.757. The second kappa shape index (κ2) is 8.59. The van der Waals surface area contributed by atoms with Crippen LogP contribution < -0.4 is 0 Å². The first kappa shape index (κ1) is 21.7. The SMILES string of the molecule is c1ccc(-c2ccc(-c3nc(-c4ccc5c(c4)sc4ccccc45)c4sc5ccccc5c4n3)cc2)cc1. The molecule has 8 aromatic rings. The van der Waals surface area contributed by atoms with Crippen molar-refractivity contribution in [3.8, 4) is 33.8 Å². The molecular formula is C34H20N2S2. The minimum absolute atomic E-state index is 0.757. The van der Waals surface area contributed by atoms with Crippen LogP contribution in [0.5, 0.6) is 0 Å². The lowest BCUT2D eigenvalue weighted by molar-refractivity contribution is 1.24. The third kappa shape index (κ3) is 3.46. The Morgan fingerprint density at radius 1 is 0.421 bits per heavy atom. The lowest BCUT2D eigenvalue weighted by atomic mass is 10.0. The molecule has 5 aromatic carbocycles. The van der Waals surface area contributed by atoms with Crippen LogP contribution in [0.25, 0.3) is 74.2 Å². The van der Waals surface area contributed by atoms with Crippen LogP contribution in [0.3, 0.4) is 0 Å². The fourth-order valence-corrected chi connectivity index (χ4v) is 7.53. The van der Waals surface area contributed by atoms with Crippen LogP contribution in [0.4, 0.5) is 0 Å². The van der Waals surface area contributed by atoms with Gasteiger partial charge in [-0.3, -0.25) is 0 Å². The maximum atomic E-state index is 5.20. The van der Waals surface area contributed by atoms with E-state index in [2.05, 4.69) is 115 Å². The summed E-state index contributed by atoms with van der Waals surface area (Å²) < 4.78 is 4.97. The fraction of sp³-hybridized carbons (Fsp3) is 0. The zero-order valence-electron chi connectivity index (χ0n) is 20.3. The Labute approximate surface area is 227 Å². The molecule has 3 aromatic heterocycles. The Morgan fingerprint density at radius 3 is 1.84 bits per heavy atom. The number of rotatable bonds is 3. The average molecular weight is 521 g/mol. The maximum Gasteiger partial charge on any atom is 0.160 e. The number of hydrogen-bond donors (Lipinski definition) is 0. The highest BCUT2D eigenvalue weighted by molar-refractivity contribution is 7.26. The van der Waals surface area contributed by atoms with Crippen LogP contribution in [-0.2, 0) is 0 Å². The van der Waals surface area contributed by atoms with Gasteiger partial charge in [0, 0.05) is 41.4 Å². The first-order valence-electron chi connectivity index (χ1n) is 12.6. The molecule has 0 saturated carbocycles. The highest BCUT2D eigenvalue weighted by atomic mass is 32.1. The normalized spacial score (nSPS) is 11.7. The third-order valence-electron chi connectivity index (χ3n) is 7.12. The zero-order valence-corrected chi connectivity index (χ0v) is 21.9. The van der Waals surface area contributed by atoms with Crippen molar-refractivity contribution in [3.05, 3.63) is 121 Å². The number of hydrogen-bond acceptors (Lipinski definition) is 4. The first-order chi connectivity index (χ1) is 18.8. The Kier molecular flexibility index (Phi) is 4.90. The molecule has 2 nitrogen and oxygen atoms in total. The summed E-state index contributed by atoms with van der Waals surface area (Å²) in [6.07, 6.45) is 0. The van der Waals surface area contributed by atoms with E-state index in [4.69, 9.17) is 9.97 Å². The molecule has 38 heavy (non-hydrogen) atoms. The van der Waals surface area contributed by atoms with Crippen molar-refractivity contribution in [1.82, 2.24) is 9.97 Å². The number of benzene rings is 5. The summed E-state index contributed by atoms with van der Waals surface area (Å²) in [4.78, 5) is 10.3. The molecular weight excluding hydrogens is 501 g/mol. The summed E-state index contributed by atoms with van der Waals surface area (Å²) in [7, 11) is 0. The van der Waals surface area contributed by atoms with Gasteiger partial charge in [-0.05, 0) is 29.3 Å². The Balaban J connectivity index is 1.34. The van der Waals surface area contributed by atoms with Gasteiger partial charge in [0.25, 0.3) is 0 Å². The van der Waals surface area contributed by atoms with Gasteiger partial charge in [0.1, 0.15) is 0 Å². The van der Waals surface area contributed by atoms with Crippen molar-refractivity contribution in [2.45, 2.75) is 0 Å². The zero-order chi connectivity index (χ0) is 25.1. The Morgan fingerprint density at radius 2 is 1.03 bits per heavy atom. The Bertz CT molecular complexity index is 2120. The van der Waals surface area contributed by atoms with Crippen molar-refractivity contribution in [1.29, 1.82) is 0 Å². The van der Waals surface area contributed by atoms with Gasteiger partial charge in [0.05, 0.1) is 15.9 Å². The Hall–Kier alpha value is -4.38. The highest BCUT2D eigenvalue weighted by Gasteiger charge is 2.17. The van der Waals surface area contributed by atoms with Crippen LogP contribution in [0.2, 0.25) is 0 Å². The van der Waals surface area contributed by atoms with Gasteiger partial charge >= 0.3 is 0 Å². The van der Waals surface area contributed by atoms with Crippen molar-refractivity contribution in [2.24, 2.45) is 0 Å². The van der Waals surface area contributed by atoms with Crippen LogP contribution in [0.1, 0.15) is 0 Å². The quantitative estimate of drug-likeness (QED) is 0.232. The second-order valence-electron chi connectivity index (χ2n) is 9.42. The monoisotopic (exact) mass is 520 g/mol. The number of aromatic nitrogens is 2. The van der Waals surface area contributed by atoms with Crippen LogP contribution in [0.15, 0.2) is 121 Å². The smallest absolute Gasteiger partial charge is 0.160 e. The molecule has 4 heteroatoms. The molecule has 8 rings (SSSR count). The van der Waals surface area contributed by atoms with Gasteiger partial charge in [-0.15, -0.1) is 22.7 Å². The van der Waals surface area contributed by atoms with E-state index in [1.807, 2.05) is 17.4 Å². The molecule has 0 unspecified atom stereocenters. The first-order valence-corrected chi connectivity index (χ1v) is 14.2. The predicted octanol–water partition coefficient (Wildman–Crippen LogP) is 10.2. The van der Waals surface area contributed by atoms with Crippen molar-refractivity contribution >= 4 is 63.1 Å². The molecule has 0 bridgehead atoms. The summed E-state index contributed by atoms with van der Waals surface area (Å²) in [5.74, 6) is 0.757. The second-order valence-corrected chi connectivity index (χ2v) is 11.6. The molecule has 0 radical (unpaired) electrons. The molecule has 0 spiro atoms. The van der Waals surface area contributed by atoms with E-state index >= 15 is 0 Å². The van der Waals surface area contributed by atoms with Crippen LogP contribution in [-0.4, -0.2) is 9.97 Å². The average Bonchev–Trinajstić information content (AvgIpc) is 3.55. The minimum Gasteiger partial charge on any atom is -0.226 e. The molecule has 0 aliphatic heterocycles. The fourth-order valence-electron chi connectivity index (χ4n) is 5.23. The molecule has 178 valence electrons. The molecule has 0 amide bonds. The van der Waals surface area contributed by atoms with Gasteiger partial charge in [-0.25, -0.2) is 9.97 Å². The van der Waals surface area contributed by atoms with Crippen molar-refractivity contribution in [2.75, 3.05) is 0 Å². The number of thiophene rings is 2. The van der Waals surface area contributed by atoms with E-state index < -0.39 is 0 Å². The van der Waals surface area contributed by atoms with Crippen molar-refractivity contribution in [3.63, 3.8) is 0 Å². The van der Waals surface area contributed by atoms with E-state index in [9.17, 15) is 0 Å². The molecule has 0 atom stereocenters. The molecule has 0 saturated heterocycles. The lowest BCUT2D eigenvalue weighted by Crippen LogP contribution is -1.93. The molecule has 0 N–H and O–H groups in total. The van der Waals surface area contributed by atoms with E-state index in [1.54, 1.807) is 11.3 Å². The van der Waals surface area contributed by atoms with Crippen LogP contribution in [0, 0.1) is 0 Å². The van der Waals surface area contributed by atoms with E-state index in [1.165, 1.54) is 41.4 Å². The van der Waals surface area contributed by atoms with Gasteiger partial charge in [-0.1, -0.05) is 103 Å². The molecule has 0 aliphatic rings. The summed E-state index contributed by atoms with van der Waals surface area (Å²) in [5.41, 5.74) is 6.56. The molecule has 0 aliphatic carbocycles. The van der Waals surface area contributed by atoms with E-state index in [-0.39, 0.29) is 0 Å². The molecule has 0 fully saturated rings. The summed E-state index contributed by atoms with van der Waals surface area (Å²) in [5, 5.41) is 3.79. The van der Waals surface area contributed by atoms with E-state index in [0.717, 1.165) is 32.9 Å². The number of fused-ring (bicyclic) bond motifs is 6. The summed E-state index contributed by atoms with van der Waals surface area (Å²) in [6, 6.07) is 43.0. The van der Waals surface area contributed by atoms with Gasteiger partial charge in [0.15, 0.2) is 5.82 Å². The largest absolute Gasteiger partial charge is 0.226 e. The van der Waals surface area contributed by atoms with Gasteiger partial charge in [-0.2, -0.15) is 0 Å². The number of nitrogens with zero attached hydrogens (tertiary/aromatic N) is 2. The van der Waals surface area contributed by atoms with Gasteiger partial charge < -0.3 is 0 Å². The van der Waals surface area contributed by atoms with Crippen LogP contribution >= 0.6 is 22.7 Å². The predicted molar refractivity (Wildman–Crippen MR) is 164 cm³/mol. The van der Waals surface area contributed by atoms with Gasteiger partial charge in [0.2, 0.25) is 0 Å². The summed E-state index contributed by atoms with van der Waals surface area (Å²) in [6.45, 7) is 0. The third-order valence-corrected chi connectivity index (χ3v) is 9.42. The maximum absolute atomic E-state index is 5.20. The topological polar surface area (TPSA) is 25.8 Å². The lowest BCUT2D eigenvalue weighted by Gasteiger charge is -2.08. The summed E-state index contributed by atoms with van der Waals surface area (Å²) >= 11 is 3.62. The standard InChI is InChI=1S/C34H20N2S2/c1-2-8-21(9-3-1)22-14-16-23(17-15-22)34-35-31(33-32(36-34)27-11-5-7-13-29(27)38-33)24-18-19-26-25-10-4-6-12-28(25)37-30(26)20-24/h1-20H.